The van der Waals surface area contributed by atoms with Crippen LogP contribution >= 0.6 is 23.8 Å². The second-order valence-corrected chi connectivity index (χ2v) is 10.3. The molecule has 2 aromatic heterocycles. The van der Waals surface area contributed by atoms with Crippen LogP contribution < -0.4 is 15.5 Å². The van der Waals surface area contributed by atoms with Crippen molar-refractivity contribution in [2.75, 3.05) is 23.9 Å². The van der Waals surface area contributed by atoms with E-state index < -0.39 is 0 Å². The predicted octanol–water partition coefficient (Wildman–Crippen LogP) is 6.21. The molecule has 2 atom stereocenters. The van der Waals surface area contributed by atoms with Crippen molar-refractivity contribution in [3.8, 4) is 5.69 Å². The van der Waals surface area contributed by atoms with Gasteiger partial charge in [-0.3, -0.25) is 9.78 Å². The van der Waals surface area contributed by atoms with Crippen molar-refractivity contribution >= 4 is 46.2 Å². The molecule has 200 valence electrons. The van der Waals surface area contributed by atoms with Gasteiger partial charge >= 0.3 is 0 Å². The molecule has 0 aliphatic carbocycles. The Morgan fingerprint density at radius 3 is 2.46 bits per heavy atom. The average Bonchev–Trinajstić information content (AvgIpc) is 3.38. The number of pyridine rings is 1. The summed E-state index contributed by atoms with van der Waals surface area (Å²) in [5, 5.41) is 7.30. The summed E-state index contributed by atoms with van der Waals surface area (Å²) in [4.78, 5) is 18.9. The zero-order valence-electron chi connectivity index (χ0n) is 22.2. The van der Waals surface area contributed by atoms with E-state index in [1.807, 2.05) is 48.5 Å². The van der Waals surface area contributed by atoms with E-state index in [-0.39, 0.29) is 24.6 Å². The van der Waals surface area contributed by atoms with Crippen molar-refractivity contribution in [1.82, 2.24) is 14.9 Å². The van der Waals surface area contributed by atoms with Gasteiger partial charge in [0.25, 0.3) is 0 Å². The Bertz CT molecular complexity index is 1520. The largest absolute Gasteiger partial charge is 0.375 e. The topological polar surface area (TPSA) is 71.4 Å². The van der Waals surface area contributed by atoms with Gasteiger partial charge in [0.15, 0.2) is 5.11 Å². The number of benzene rings is 2. The van der Waals surface area contributed by atoms with Gasteiger partial charge < -0.3 is 24.8 Å². The van der Waals surface area contributed by atoms with E-state index in [2.05, 4.69) is 58.0 Å². The molecule has 7 nitrogen and oxygen atoms in total. The van der Waals surface area contributed by atoms with Crippen LogP contribution in [0.3, 0.4) is 0 Å². The fourth-order valence-electron chi connectivity index (χ4n) is 5.40. The van der Waals surface area contributed by atoms with E-state index in [0.29, 0.717) is 15.8 Å². The lowest BCUT2D eigenvalue weighted by Crippen LogP contribution is -2.30. The fourth-order valence-corrected chi connectivity index (χ4v) is 5.97. The molecule has 39 heavy (non-hydrogen) atoms. The van der Waals surface area contributed by atoms with Crippen LogP contribution in [0.1, 0.15) is 40.3 Å². The first-order valence-electron chi connectivity index (χ1n) is 12.6. The van der Waals surface area contributed by atoms with Crippen LogP contribution in [0.25, 0.3) is 5.69 Å². The van der Waals surface area contributed by atoms with Crippen LogP contribution in [0.4, 0.5) is 11.4 Å². The van der Waals surface area contributed by atoms with Crippen LogP contribution in [0, 0.1) is 20.8 Å². The second-order valence-electron chi connectivity index (χ2n) is 9.52. The van der Waals surface area contributed by atoms with Gasteiger partial charge in [-0.1, -0.05) is 35.9 Å². The molecule has 1 amide bonds. The van der Waals surface area contributed by atoms with Crippen molar-refractivity contribution < 1.29 is 9.53 Å². The van der Waals surface area contributed by atoms with Crippen LogP contribution in [0.15, 0.2) is 72.9 Å². The number of para-hydroxylation sites is 1. The number of hydrogen-bond acceptors (Lipinski definition) is 4. The van der Waals surface area contributed by atoms with Crippen LogP contribution in [0.2, 0.25) is 5.02 Å². The summed E-state index contributed by atoms with van der Waals surface area (Å²) < 4.78 is 7.21. The molecule has 2 aromatic carbocycles. The SMILES string of the molecule is COCC(=O)Nc1ccc(N2C(=S)N[C@H](c3ccccn3)[C@H]2c2c(C)c(C)n(-c3ccccc3)c2C)cc1Cl. The summed E-state index contributed by atoms with van der Waals surface area (Å²) in [5.41, 5.74) is 7.99. The van der Waals surface area contributed by atoms with E-state index in [1.165, 1.54) is 23.9 Å². The summed E-state index contributed by atoms with van der Waals surface area (Å²) in [6, 6.07) is 21.4. The summed E-state index contributed by atoms with van der Waals surface area (Å²) in [6.07, 6.45) is 1.80. The van der Waals surface area contributed by atoms with E-state index in [0.717, 1.165) is 22.8 Å². The lowest BCUT2D eigenvalue weighted by Gasteiger charge is -2.29. The fraction of sp³-hybridized carbons (Fsp3) is 0.233. The molecule has 0 radical (unpaired) electrons. The van der Waals surface area contributed by atoms with Crippen LogP contribution in [-0.2, 0) is 9.53 Å². The van der Waals surface area contributed by atoms with E-state index in [9.17, 15) is 4.79 Å². The number of nitrogens with one attached hydrogen (secondary N) is 2. The Morgan fingerprint density at radius 2 is 1.79 bits per heavy atom. The van der Waals surface area contributed by atoms with Crippen molar-refractivity contribution in [3.05, 3.63) is 106 Å². The molecule has 3 heterocycles. The number of halogens is 1. The van der Waals surface area contributed by atoms with E-state index in [4.69, 9.17) is 28.6 Å². The Kier molecular flexibility index (Phi) is 7.70. The Hall–Kier alpha value is -3.72. The molecule has 0 bridgehead atoms. The third-order valence-electron chi connectivity index (χ3n) is 7.20. The zero-order chi connectivity index (χ0) is 27.7. The number of ether oxygens (including phenoxy) is 1. The van der Waals surface area contributed by atoms with Gasteiger partial charge in [0.2, 0.25) is 5.91 Å². The van der Waals surface area contributed by atoms with Gasteiger partial charge in [-0.05, 0) is 81.0 Å². The molecule has 0 spiro atoms. The minimum absolute atomic E-state index is 0.0532. The smallest absolute Gasteiger partial charge is 0.250 e. The number of anilines is 2. The maximum absolute atomic E-state index is 12.1. The van der Waals surface area contributed by atoms with Crippen LogP contribution in [-0.4, -0.2) is 34.3 Å². The summed E-state index contributed by atoms with van der Waals surface area (Å²) in [7, 11) is 1.47. The number of methoxy groups -OCH3 is 1. The van der Waals surface area contributed by atoms with Gasteiger partial charge in [-0.25, -0.2) is 0 Å². The highest BCUT2D eigenvalue weighted by atomic mass is 35.5. The molecule has 0 saturated carbocycles. The average molecular weight is 560 g/mol. The quantitative estimate of drug-likeness (QED) is 0.262. The molecule has 1 saturated heterocycles. The maximum atomic E-state index is 12.1. The standard InChI is InChI=1S/C30H30ClN5O2S/c1-18-19(2)35(21-10-6-5-7-11-21)20(3)27(18)29-28(25-12-8-9-15-32-25)34-30(39)36(29)22-13-14-24(23(31)16-22)33-26(37)17-38-4/h5-16,28-29H,17H2,1-4H3,(H,33,37)(H,34,39)/t28-,29-/m1/s1. The second kappa shape index (κ2) is 11.2. The summed E-state index contributed by atoms with van der Waals surface area (Å²) >= 11 is 12.6. The molecule has 1 aliphatic rings. The van der Waals surface area contributed by atoms with Gasteiger partial charge in [0, 0.05) is 41.6 Å². The van der Waals surface area contributed by atoms with Crippen LogP contribution in [0.5, 0.6) is 0 Å². The van der Waals surface area contributed by atoms with Gasteiger partial charge in [0.05, 0.1) is 28.5 Å². The molecule has 2 N–H and O–H groups in total. The molecular weight excluding hydrogens is 530 g/mol. The van der Waals surface area contributed by atoms with E-state index in [1.54, 1.807) is 12.3 Å². The molecule has 0 unspecified atom stereocenters. The number of aromatic nitrogens is 2. The molecule has 1 fully saturated rings. The normalized spacial score (nSPS) is 16.8. The molecule has 9 heteroatoms. The van der Waals surface area contributed by atoms with Crippen molar-refractivity contribution in [1.29, 1.82) is 0 Å². The van der Waals surface area contributed by atoms with Crippen molar-refractivity contribution in [3.63, 3.8) is 0 Å². The zero-order valence-corrected chi connectivity index (χ0v) is 23.8. The summed E-state index contributed by atoms with van der Waals surface area (Å²) in [6.45, 7) is 6.41. The lowest BCUT2D eigenvalue weighted by atomic mass is 9.93. The number of hydrogen-bond donors (Lipinski definition) is 2. The maximum Gasteiger partial charge on any atom is 0.250 e. The highest BCUT2D eigenvalue weighted by Crippen LogP contribution is 2.46. The summed E-state index contributed by atoms with van der Waals surface area (Å²) in [5.74, 6) is -0.275. The number of nitrogens with zero attached hydrogens (tertiary/aromatic N) is 3. The Morgan fingerprint density at radius 1 is 1.05 bits per heavy atom. The number of amides is 1. The first-order valence-corrected chi connectivity index (χ1v) is 13.4. The van der Waals surface area contributed by atoms with Gasteiger partial charge in [0.1, 0.15) is 6.61 Å². The van der Waals surface area contributed by atoms with Crippen molar-refractivity contribution in [2.45, 2.75) is 32.9 Å². The minimum Gasteiger partial charge on any atom is -0.375 e. The third-order valence-corrected chi connectivity index (χ3v) is 7.82. The molecular formula is C30H30ClN5O2S. The first-order chi connectivity index (χ1) is 18.8. The van der Waals surface area contributed by atoms with Gasteiger partial charge in [-0.15, -0.1) is 0 Å². The lowest BCUT2D eigenvalue weighted by molar-refractivity contribution is -0.119. The predicted molar refractivity (Wildman–Crippen MR) is 160 cm³/mol. The third kappa shape index (κ3) is 5.03. The molecule has 5 rings (SSSR count). The first kappa shape index (κ1) is 26.9. The molecule has 1 aliphatic heterocycles. The van der Waals surface area contributed by atoms with Crippen molar-refractivity contribution in [2.24, 2.45) is 0 Å². The molecule has 4 aromatic rings. The minimum atomic E-state index is -0.275. The number of carbonyl (C=O) groups excluding carboxylic acids is 1. The van der Waals surface area contributed by atoms with Gasteiger partial charge in [-0.2, -0.15) is 0 Å². The Balaban J connectivity index is 1.64. The highest BCUT2D eigenvalue weighted by Gasteiger charge is 2.43. The highest BCUT2D eigenvalue weighted by molar-refractivity contribution is 7.80. The monoisotopic (exact) mass is 559 g/mol. The number of thiocarbonyl (C=S) groups is 1. The Labute approximate surface area is 238 Å². The number of rotatable bonds is 7. The van der Waals surface area contributed by atoms with E-state index >= 15 is 0 Å². The number of carbonyl (C=O) groups is 1.